The lowest BCUT2D eigenvalue weighted by atomic mass is 10.1. The van der Waals surface area contributed by atoms with Gasteiger partial charge in [0.1, 0.15) is 22.2 Å². The van der Waals surface area contributed by atoms with Gasteiger partial charge in [-0.2, -0.15) is 5.26 Å². The Labute approximate surface area is 193 Å². The summed E-state index contributed by atoms with van der Waals surface area (Å²) in [5.41, 5.74) is 1.61. The first-order chi connectivity index (χ1) is 14.4. The number of benzene rings is 2. The van der Waals surface area contributed by atoms with Crippen molar-refractivity contribution >= 4 is 72.7 Å². The molecule has 9 heteroatoms. The molecule has 0 unspecified atom stereocenters. The molecule has 4 rings (SSSR count). The maximum absolute atomic E-state index is 12.4. The van der Waals surface area contributed by atoms with Crippen LogP contribution in [0.25, 0.3) is 27.8 Å². The van der Waals surface area contributed by atoms with Crippen molar-refractivity contribution in [3.8, 4) is 17.3 Å². The molecule has 1 N–H and O–H groups in total. The van der Waals surface area contributed by atoms with Crippen molar-refractivity contribution in [1.82, 2.24) is 4.98 Å². The minimum Gasteiger partial charge on any atom is -0.422 e. The Kier molecular flexibility index (Phi) is 5.93. The molecule has 2 aromatic carbocycles. The molecule has 0 aliphatic heterocycles. The highest BCUT2D eigenvalue weighted by Crippen LogP contribution is 2.29. The normalized spacial score (nSPS) is 11.5. The third kappa shape index (κ3) is 4.27. The van der Waals surface area contributed by atoms with Crippen molar-refractivity contribution in [2.75, 3.05) is 5.32 Å². The summed E-state index contributed by atoms with van der Waals surface area (Å²) in [6.45, 7) is 0. The smallest absolute Gasteiger partial charge is 0.345 e. The fourth-order valence-electron chi connectivity index (χ4n) is 2.69. The van der Waals surface area contributed by atoms with Gasteiger partial charge < -0.3 is 9.73 Å². The number of halogens is 3. The van der Waals surface area contributed by atoms with E-state index >= 15 is 0 Å². The van der Waals surface area contributed by atoms with E-state index in [-0.39, 0.29) is 5.57 Å². The fraction of sp³-hybridized carbons (Fsp3) is 0. The van der Waals surface area contributed by atoms with Crippen LogP contribution in [0.15, 0.2) is 67.7 Å². The molecule has 0 saturated carbocycles. The summed E-state index contributed by atoms with van der Waals surface area (Å²) >= 11 is 16.8. The van der Waals surface area contributed by atoms with Crippen LogP contribution in [0.3, 0.4) is 0 Å². The third-order valence-electron chi connectivity index (χ3n) is 4.13. The number of rotatable bonds is 4. The molecule has 2 heterocycles. The van der Waals surface area contributed by atoms with Crippen molar-refractivity contribution in [3.63, 3.8) is 0 Å². The highest BCUT2D eigenvalue weighted by Gasteiger charge is 2.14. The van der Waals surface area contributed by atoms with E-state index in [0.717, 1.165) is 9.86 Å². The molecule has 30 heavy (non-hydrogen) atoms. The van der Waals surface area contributed by atoms with Gasteiger partial charge in [0, 0.05) is 26.5 Å². The van der Waals surface area contributed by atoms with Crippen LogP contribution >= 0.6 is 50.5 Å². The second-order valence-electron chi connectivity index (χ2n) is 6.11. The lowest BCUT2D eigenvalue weighted by Crippen LogP contribution is -2.03. The molecule has 2 aromatic heterocycles. The van der Waals surface area contributed by atoms with Crippen LogP contribution in [0, 0.1) is 11.3 Å². The molecule has 4 aromatic rings. The van der Waals surface area contributed by atoms with E-state index in [9.17, 15) is 10.1 Å². The average molecular weight is 519 g/mol. The zero-order valence-electron chi connectivity index (χ0n) is 14.9. The van der Waals surface area contributed by atoms with Gasteiger partial charge in [0.25, 0.3) is 0 Å². The first-order valence-electron chi connectivity index (χ1n) is 8.46. The van der Waals surface area contributed by atoms with E-state index in [2.05, 4.69) is 32.3 Å². The minimum atomic E-state index is -0.493. The SMILES string of the molecule is N#CC(=CNc1cc(Cl)ccc1Cl)c1nc(-c2cc3cc(Br)ccc3oc2=O)cs1. The third-order valence-corrected chi connectivity index (χ3v) is 6.06. The molecular weight excluding hydrogens is 509 g/mol. The van der Waals surface area contributed by atoms with Gasteiger partial charge in [0.15, 0.2) is 0 Å². The molecule has 148 valence electrons. The molecule has 0 fully saturated rings. The highest BCUT2D eigenvalue weighted by atomic mass is 79.9. The Bertz CT molecular complexity index is 1410. The second kappa shape index (κ2) is 8.62. The van der Waals surface area contributed by atoms with E-state index in [4.69, 9.17) is 27.6 Å². The predicted octanol–water partition coefficient (Wildman–Crippen LogP) is 6.96. The predicted molar refractivity (Wildman–Crippen MR) is 125 cm³/mol. The van der Waals surface area contributed by atoms with Gasteiger partial charge in [-0.15, -0.1) is 11.3 Å². The summed E-state index contributed by atoms with van der Waals surface area (Å²) < 4.78 is 6.27. The summed E-state index contributed by atoms with van der Waals surface area (Å²) in [6.07, 6.45) is 1.50. The van der Waals surface area contributed by atoms with Gasteiger partial charge >= 0.3 is 5.63 Å². The van der Waals surface area contributed by atoms with Gasteiger partial charge in [-0.05, 0) is 42.5 Å². The quantitative estimate of drug-likeness (QED) is 0.233. The second-order valence-corrected chi connectivity index (χ2v) is 8.72. The van der Waals surface area contributed by atoms with Crippen LogP contribution in [0.2, 0.25) is 10.0 Å². The molecule has 0 radical (unpaired) electrons. The van der Waals surface area contributed by atoms with Crippen LogP contribution in [-0.4, -0.2) is 4.98 Å². The number of fused-ring (bicyclic) bond motifs is 1. The standard InChI is InChI=1S/C21H10BrCl2N3O2S/c22-13-1-4-19-11(5-13)6-15(21(28)29-19)18-10-30-20(27-18)12(8-25)9-26-17-7-14(23)2-3-16(17)24/h1-7,9-10,26H. The van der Waals surface area contributed by atoms with E-state index in [0.29, 0.717) is 37.6 Å². The number of aromatic nitrogens is 1. The maximum atomic E-state index is 12.4. The zero-order valence-corrected chi connectivity index (χ0v) is 18.9. The largest absolute Gasteiger partial charge is 0.422 e. The molecular formula is C21H10BrCl2N3O2S. The number of thiazole rings is 1. The van der Waals surface area contributed by atoms with Crippen molar-refractivity contribution in [2.45, 2.75) is 0 Å². The summed E-state index contributed by atoms with van der Waals surface area (Å²) in [4.78, 5) is 16.9. The molecule has 0 saturated heterocycles. The van der Waals surface area contributed by atoms with Crippen LogP contribution < -0.4 is 10.9 Å². The Morgan fingerprint density at radius 3 is 2.87 bits per heavy atom. The van der Waals surface area contributed by atoms with Gasteiger partial charge in [-0.25, -0.2) is 9.78 Å². The van der Waals surface area contributed by atoms with Gasteiger partial charge in [0.05, 0.1) is 22.0 Å². The van der Waals surface area contributed by atoms with Gasteiger partial charge in [-0.1, -0.05) is 39.1 Å². The van der Waals surface area contributed by atoms with Crippen LogP contribution in [0.1, 0.15) is 5.01 Å². The first kappa shape index (κ1) is 20.6. The topological polar surface area (TPSA) is 78.9 Å². The van der Waals surface area contributed by atoms with E-state index in [1.165, 1.54) is 17.5 Å². The van der Waals surface area contributed by atoms with Crippen molar-refractivity contribution in [1.29, 1.82) is 5.26 Å². The number of nitrogens with zero attached hydrogens (tertiary/aromatic N) is 2. The van der Waals surface area contributed by atoms with Gasteiger partial charge in [0.2, 0.25) is 0 Å². The number of hydrogen-bond donors (Lipinski definition) is 1. The molecule has 5 nitrogen and oxygen atoms in total. The Morgan fingerprint density at radius 2 is 2.07 bits per heavy atom. The van der Waals surface area contributed by atoms with Crippen molar-refractivity contribution < 1.29 is 4.42 Å². The molecule has 0 bridgehead atoms. The van der Waals surface area contributed by atoms with E-state index in [1.807, 2.05) is 6.07 Å². The molecule has 0 spiro atoms. The Hall–Kier alpha value is -2.63. The number of nitrogens with one attached hydrogen (secondary N) is 1. The van der Waals surface area contributed by atoms with Crippen LogP contribution in [-0.2, 0) is 0 Å². The lowest BCUT2D eigenvalue weighted by Gasteiger charge is -2.04. The monoisotopic (exact) mass is 517 g/mol. The van der Waals surface area contributed by atoms with E-state index < -0.39 is 5.63 Å². The number of hydrogen-bond acceptors (Lipinski definition) is 6. The lowest BCUT2D eigenvalue weighted by molar-refractivity contribution is 0.563. The van der Waals surface area contributed by atoms with Gasteiger partial charge in [-0.3, -0.25) is 0 Å². The Balaban J connectivity index is 1.68. The first-order valence-corrected chi connectivity index (χ1v) is 10.9. The minimum absolute atomic E-state index is 0.287. The van der Waals surface area contributed by atoms with Crippen molar-refractivity contribution in [3.05, 3.63) is 84.0 Å². The molecule has 0 atom stereocenters. The number of nitriles is 1. The Morgan fingerprint density at radius 1 is 1.23 bits per heavy atom. The fourth-order valence-corrected chi connectivity index (χ4v) is 4.20. The molecule has 0 amide bonds. The van der Waals surface area contributed by atoms with Crippen LogP contribution in [0.5, 0.6) is 0 Å². The molecule has 0 aliphatic carbocycles. The summed E-state index contributed by atoms with van der Waals surface area (Å²) in [6, 6.07) is 14.2. The van der Waals surface area contributed by atoms with Crippen LogP contribution in [0.4, 0.5) is 5.69 Å². The summed E-state index contributed by atoms with van der Waals surface area (Å²) in [5, 5.41) is 16.4. The summed E-state index contributed by atoms with van der Waals surface area (Å²) in [5.74, 6) is 0. The zero-order chi connectivity index (χ0) is 21.3. The average Bonchev–Trinajstić information content (AvgIpc) is 3.20. The van der Waals surface area contributed by atoms with Crippen molar-refractivity contribution in [2.24, 2.45) is 0 Å². The number of allylic oxidation sites excluding steroid dienone is 1. The van der Waals surface area contributed by atoms with E-state index in [1.54, 1.807) is 41.8 Å². The summed E-state index contributed by atoms with van der Waals surface area (Å²) in [7, 11) is 0. The number of anilines is 1. The maximum Gasteiger partial charge on any atom is 0.345 e. The molecule has 0 aliphatic rings. The highest BCUT2D eigenvalue weighted by molar-refractivity contribution is 9.10.